The second kappa shape index (κ2) is 5.02. The third-order valence-corrected chi connectivity index (χ3v) is 4.70. The minimum atomic E-state index is 0.0789. The van der Waals surface area contributed by atoms with E-state index in [0.717, 1.165) is 35.1 Å². The van der Waals surface area contributed by atoms with Crippen LogP contribution in [0.5, 0.6) is 0 Å². The number of likely N-dealkylation sites (tertiary alicyclic amines) is 1. The molecule has 1 atom stereocenters. The second-order valence-electron chi connectivity index (χ2n) is 5.40. The molecule has 4 heteroatoms. The van der Waals surface area contributed by atoms with Gasteiger partial charge in [0.2, 0.25) is 0 Å². The molecular formula is C14H19BrN2O. The summed E-state index contributed by atoms with van der Waals surface area (Å²) >= 11 is 3.47. The molecular weight excluding hydrogens is 292 g/mol. The maximum atomic E-state index is 12.5. The lowest BCUT2D eigenvalue weighted by Gasteiger charge is -2.23. The maximum Gasteiger partial charge on any atom is 0.254 e. The van der Waals surface area contributed by atoms with Gasteiger partial charge in [-0.15, -0.1) is 0 Å². The standard InChI is InChI=1S/C14H19BrN2O/c1-10-11(4-3-5-12(10)15)13(18)17-7-6-14(2,8-16)9-17/h3-5H,6-9,16H2,1-2H3. The Bertz CT molecular complexity index is 475. The summed E-state index contributed by atoms with van der Waals surface area (Å²) in [5.41, 5.74) is 7.64. The monoisotopic (exact) mass is 310 g/mol. The molecule has 2 N–H and O–H groups in total. The van der Waals surface area contributed by atoms with E-state index in [0.29, 0.717) is 6.54 Å². The number of hydrogen-bond donors (Lipinski definition) is 1. The van der Waals surface area contributed by atoms with Crippen molar-refractivity contribution < 1.29 is 4.79 Å². The molecule has 2 rings (SSSR count). The lowest BCUT2D eigenvalue weighted by Crippen LogP contribution is -2.34. The third kappa shape index (κ3) is 2.45. The van der Waals surface area contributed by atoms with E-state index in [1.807, 2.05) is 30.0 Å². The summed E-state index contributed by atoms with van der Waals surface area (Å²) < 4.78 is 0.981. The smallest absolute Gasteiger partial charge is 0.254 e. The van der Waals surface area contributed by atoms with Crippen molar-refractivity contribution in [1.82, 2.24) is 4.90 Å². The van der Waals surface area contributed by atoms with Gasteiger partial charge in [-0.3, -0.25) is 4.79 Å². The van der Waals surface area contributed by atoms with Crippen LogP contribution in [0.1, 0.15) is 29.3 Å². The molecule has 1 unspecified atom stereocenters. The van der Waals surface area contributed by atoms with Gasteiger partial charge in [0.25, 0.3) is 5.91 Å². The molecule has 1 saturated heterocycles. The predicted octanol–water partition coefficient (Wildman–Crippen LogP) is 2.57. The van der Waals surface area contributed by atoms with Crippen molar-refractivity contribution in [3.8, 4) is 0 Å². The molecule has 0 aliphatic carbocycles. The SMILES string of the molecule is Cc1c(Br)cccc1C(=O)N1CCC(C)(CN)C1. The Morgan fingerprint density at radius 1 is 1.56 bits per heavy atom. The van der Waals surface area contributed by atoms with Crippen LogP contribution in [-0.2, 0) is 0 Å². The Hall–Kier alpha value is -0.870. The van der Waals surface area contributed by atoms with Gasteiger partial charge < -0.3 is 10.6 Å². The van der Waals surface area contributed by atoms with Crippen LogP contribution in [0.3, 0.4) is 0 Å². The van der Waals surface area contributed by atoms with Crippen molar-refractivity contribution in [3.63, 3.8) is 0 Å². The molecule has 1 fully saturated rings. The van der Waals surface area contributed by atoms with Crippen molar-refractivity contribution in [2.45, 2.75) is 20.3 Å². The van der Waals surface area contributed by atoms with E-state index in [1.165, 1.54) is 0 Å². The number of nitrogens with two attached hydrogens (primary N) is 1. The van der Waals surface area contributed by atoms with E-state index >= 15 is 0 Å². The molecule has 0 saturated carbocycles. The van der Waals surface area contributed by atoms with Crippen molar-refractivity contribution in [3.05, 3.63) is 33.8 Å². The van der Waals surface area contributed by atoms with Gasteiger partial charge in [-0.1, -0.05) is 28.9 Å². The van der Waals surface area contributed by atoms with E-state index in [1.54, 1.807) is 0 Å². The largest absolute Gasteiger partial charge is 0.338 e. The fourth-order valence-electron chi connectivity index (χ4n) is 2.37. The van der Waals surface area contributed by atoms with Crippen LogP contribution in [0, 0.1) is 12.3 Å². The summed E-state index contributed by atoms with van der Waals surface area (Å²) in [7, 11) is 0. The van der Waals surface area contributed by atoms with Gasteiger partial charge in [-0.05, 0) is 43.0 Å². The molecule has 1 amide bonds. The molecule has 0 aromatic heterocycles. The molecule has 0 radical (unpaired) electrons. The fraction of sp³-hybridized carbons (Fsp3) is 0.500. The molecule has 0 spiro atoms. The van der Waals surface area contributed by atoms with Crippen LogP contribution in [0.4, 0.5) is 0 Å². The molecule has 98 valence electrons. The number of halogens is 1. The van der Waals surface area contributed by atoms with E-state index in [2.05, 4.69) is 22.9 Å². The lowest BCUT2D eigenvalue weighted by molar-refractivity contribution is 0.0776. The van der Waals surface area contributed by atoms with Crippen LogP contribution < -0.4 is 5.73 Å². The van der Waals surface area contributed by atoms with Gasteiger partial charge in [0.1, 0.15) is 0 Å². The van der Waals surface area contributed by atoms with Crippen LogP contribution in [-0.4, -0.2) is 30.4 Å². The zero-order valence-corrected chi connectivity index (χ0v) is 12.5. The van der Waals surface area contributed by atoms with Crippen molar-refractivity contribution >= 4 is 21.8 Å². The Morgan fingerprint density at radius 2 is 2.28 bits per heavy atom. The number of nitrogens with zero attached hydrogens (tertiary/aromatic N) is 1. The van der Waals surface area contributed by atoms with Crippen LogP contribution in [0.2, 0.25) is 0 Å². The quantitative estimate of drug-likeness (QED) is 0.912. The Labute approximate surface area is 116 Å². The predicted molar refractivity (Wildman–Crippen MR) is 76.6 cm³/mol. The molecule has 1 aliphatic rings. The summed E-state index contributed by atoms with van der Waals surface area (Å²) in [5.74, 6) is 0.117. The first-order valence-electron chi connectivity index (χ1n) is 6.21. The first-order valence-corrected chi connectivity index (χ1v) is 7.01. The minimum Gasteiger partial charge on any atom is -0.338 e. The maximum absolute atomic E-state index is 12.5. The number of hydrogen-bond acceptors (Lipinski definition) is 2. The van der Waals surface area contributed by atoms with Gasteiger partial charge in [0.05, 0.1) is 0 Å². The van der Waals surface area contributed by atoms with Crippen LogP contribution >= 0.6 is 15.9 Å². The highest BCUT2D eigenvalue weighted by Crippen LogP contribution is 2.30. The van der Waals surface area contributed by atoms with Gasteiger partial charge in [0.15, 0.2) is 0 Å². The van der Waals surface area contributed by atoms with Crippen LogP contribution in [0.25, 0.3) is 0 Å². The molecule has 18 heavy (non-hydrogen) atoms. The second-order valence-corrected chi connectivity index (χ2v) is 6.26. The number of benzene rings is 1. The summed E-state index contributed by atoms with van der Waals surface area (Å²) in [6.07, 6.45) is 0.988. The average Bonchev–Trinajstić information content (AvgIpc) is 2.75. The zero-order chi connectivity index (χ0) is 13.3. The number of amides is 1. The molecule has 1 aromatic rings. The van der Waals surface area contributed by atoms with E-state index in [9.17, 15) is 4.79 Å². The van der Waals surface area contributed by atoms with Crippen LogP contribution in [0.15, 0.2) is 22.7 Å². The topological polar surface area (TPSA) is 46.3 Å². The Morgan fingerprint density at radius 3 is 2.89 bits per heavy atom. The Kier molecular flexibility index (Phi) is 3.78. The molecule has 1 aliphatic heterocycles. The number of rotatable bonds is 2. The van der Waals surface area contributed by atoms with Crippen molar-refractivity contribution in [2.75, 3.05) is 19.6 Å². The Balaban J connectivity index is 2.21. The van der Waals surface area contributed by atoms with Gasteiger partial charge >= 0.3 is 0 Å². The van der Waals surface area contributed by atoms with Gasteiger partial charge in [-0.25, -0.2) is 0 Å². The van der Waals surface area contributed by atoms with Gasteiger partial charge in [-0.2, -0.15) is 0 Å². The summed E-state index contributed by atoms with van der Waals surface area (Å²) in [6.45, 7) is 6.31. The molecule has 1 heterocycles. The van der Waals surface area contributed by atoms with E-state index < -0.39 is 0 Å². The summed E-state index contributed by atoms with van der Waals surface area (Å²) in [4.78, 5) is 14.4. The first-order chi connectivity index (χ1) is 8.47. The van der Waals surface area contributed by atoms with Crippen molar-refractivity contribution in [2.24, 2.45) is 11.1 Å². The lowest BCUT2D eigenvalue weighted by atomic mass is 9.90. The van der Waals surface area contributed by atoms with Gasteiger partial charge in [0, 0.05) is 23.1 Å². The fourth-order valence-corrected chi connectivity index (χ4v) is 2.74. The average molecular weight is 311 g/mol. The summed E-state index contributed by atoms with van der Waals surface area (Å²) in [5, 5.41) is 0. The highest BCUT2D eigenvalue weighted by atomic mass is 79.9. The first kappa shape index (κ1) is 13.6. The minimum absolute atomic E-state index is 0.0789. The zero-order valence-electron chi connectivity index (χ0n) is 10.9. The highest BCUT2D eigenvalue weighted by Gasteiger charge is 2.35. The number of carbonyl (C=O) groups is 1. The summed E-state index contributed by atoms with van der Waals surface area (Å²) in [6, 6.07) is 5.75. The van der Waals surface area contributed by atoms with Crippen molar-refractivity contribution in [1.29, 1.82) is 0 Å². The molecule has 0 bridgehead atoms. The van der Waals surface area contributed by atoms with E-state index in [-0.39, 0.29) is 11.3 Å². The molecule has 3 nitrogen and oxygen atoms in total. The highest BCUT2D eigenvalue weighted by molar-refractivity contribution is 9.10. The molecule has 1 aromatic carbocycles. The van der Waals surface area contributed by atoms with E-state index in [4.69, 9.17) is 5.73 Å². The normalized spacial score (nSPS) is 23.4. The number of carbonyl (C=O) groups excluding carboxylic acids is 1. The third-order valence-electron chi connectivity index (χ3n) is 3.84.